The van der Waals surface area contributed by atoms with E-state index in [0.29, 0.717) is 79.0 Å². The van der Waals surface area contributed by atoms with Crippen LogP contribution in [0.2, 0.25) is 0 Å². The van der Waals surface area contributed by atoms with Crippen molar-refractivity contribution < 1.29 is 108 Å². The molecule has 2 aromatic heterocycles. The number of aryl methyl sites for hydroxylation is 8. The van der Waals surface area contributed by atoms with E-state index >= 15 is 0 Å². The number of halogens is 12. The second kappa shape index (κ2) is 29.1. The summed E-state index contributed by atoms with van der Waals surface area (Å²) in [6.45, 7) is 24.6. The van der Waals surface area contributed by atoms with E-state index in [4.69, 9.17) is 38.9 Å². The molecule has 527 valence electrons. The zero-order chi connectivity index (χ0) is 73.7. The summed E-state index contributed by atoms with van der Waals surface area (Å²) in [6.07, 6.45) is -18.2. The summed E-state index contributed by atoms with van der Waals surface area (Å²) in [5.74, 6) is -3.62. The Kier molecular flexibility index (Phi) is 22.1. The Morgan fingerprint density at radius 3 is 0.792 bits per heavy atom. The molecule has 25 heteroatoms. The minimum atomic E-state index is -4.55. The Hall–Kier alpha value is -10.3. The second-order valence-corrected chi connectivity index (χ2v) is 24.1. The van der Waals surface area contributed by atoms with Crippen molar-refractivity contribution in [1.82, 2.24) is 9.97 Å². The monoisotopic (exact) mass is 1450 g/mol. The second-order valence-electron chi connectivity index (χ2n) is 24.1. The summed E-state index contributed by atoms with van der Waals surface area (Å²) < 4.78 is 178. The molecule has 0 saturated carbocycles. The predicted molar refractivity (Wildman–Crippen MR) is 350 cm³/mol. The summed E-state index contributed by atoms with van der Waals surface area (Å²) in [5.41, 5.74) is 9.27. The van der Waals surface area contributed by atoms with Gasteiger partial charge in [-0.1, -0.05) is 60.4 Å². The van der Waals surface area contributed by atoms with Gasteiger partial charge in [-0.2, -0.15) is 52.7 Å². The number of alkyl halides is 12. The molecule has 0 aliphatic carbocycles. The largest absolute Gasteiger partial charge is 2.00 e. The van der Waals surface area contributed by atoms with Crippen LogP contribution in [-0.4, -0.2) is 35.3 Å². The number of allylic oxidation sites excluding steroid dienone is 2. The van der Waals surface area contributed by atoms with Gasteiger partial charge in [0.1, 0.15) is 23.0 Å². The molecule has 12 nitrogen and oxygen atoms in total. The fourth-order valence-electron chi connectivity index (χ4n) is 12.3. The van der Waals surface area contributed by atoms with Crippen LogP contribution in [0.25, 0.3) is 11.1 Å². The van der Waals surface area contributed by atoms with E-state index in [1.807, 2.05) is 65.8 Å². The first-order valence-corrected chi connectivity index (χ1v) is 30.6. The van der Waals surface area contributed by atoms with Gasteiger partial charge in [-0.15, -0.1) is 22.8 Å². The first-order chi connectivity index (χ1) is 46.5. The molecule has 0 fully saturated rings. The smallest absolute Gasteiger partial charge is 0.660 e. The number of hydrogen-bond donors (Lipinski definition) is 0. The number of nitrogens with zero attached hydrogens (tertiary/aromatic N) is 4. The van der Waals surface area contributed by atoms with Crippen molar-refractivity contribution in [2.45, 2.75) is 122 Å². The van der Waals surface area contributed by atoms with Crippen LogP contribution in [0.1, 0.15) is 149 Å². The third-order valence-corrected chi connectivity index (χ3v) is 16.7. The predicted octanol–water partition coefficient (Wildman–Crippen LogP) is 19.2. The van der Waals surface area contributed by atoms with Crippen LogP contribution >= 0.6 is 0 Å². The van der Waals surface area contributed by atoms with E-state index in [0.717, 1.165) is 142 Å². The molecule has 10 rings (SSSR count). The maximum absolute atomic E-state index is 13.5. The number of carbonyl (C=O) groups excluding carboxylic acids is 4. The Morgan fingerprint density at radius 2 is 0.564 bits per heavy atom. The van der Waals surface area contributed by atoms with E-state index in [2.05, 4.69) is 0 Å². The van der Waals surface area contributed by atoms with Crippen molar-refractivity contribution in [3.8, 4) is 23.0 Å². The number of hydrogen-bond acceptors (Lipinski definition) is 10. The van der Waals surface area contributed by atoms with Crippen LogP contribution in [0, 0.1) is 69.2 Å². The number of ether oxygens (including phenoxy) is 4. The normalized spacial score (nSPS) is 14.4. The molecule has 0 atom stereocenters. The average Bonchev–Trinajstić information content (AvgIpc) is 1.61. The molecule has 6 aromatic carbocycles. The number of aromatic nitrogens is 2. The standard InChI is InChI=1S/2C38H32F6N2O4.Co/c2*1-18-16-19(2)29(20(3)17-18)32(33-21(4)30(23(6)45-33)35(47)49-27-12-8-25(9-13-27)37(39,40)41)34-22(5)31(24(7)46-34)36(48)50-28-14-10-26(11-15-28)38(42,43)44;/h2*8-17H,1-7H3,(H,45,46,47,48);/q;;+2/p-2. The minimum absolute atomic E-state index is 0. The molecule has 2 aliphatic rings. The molecule has 4 heterocycles. The van der Waals surface area contributed by atoms with Crippen molar-refractivity contribution in [3.63, 3.8) is 0 Å². The third-order valence-electron chi connectivity index (χ3n) is 16.7. The number of aliphatic imine (C=N–C) groups is 2. The van der Waals surface area contributed by atoms with E-state index in [9.17, 15) is 71.9 Å². The molecule has 101 heavy (non-hydrogen) atoms. The fourth-order valence-corrected chi connectivity index (χ4v) is 12.3. The average molecular weight is 1450 g/mol. The Labute approximate surface area is 582 Å². The Morgan fingerprint density at radius 1 is 0.337 bits per heavy atom. The molecule has 0 spiro atoms. The van der Waals surface area contributed by atoms with Gasteiger partial charge >= 0.3 is 65.4 Å². The van der Waals surface area contributed by atoms with Crippen molar-refractivity contribution >= 4 is 46.4 Å². The molecule has 0 amide bonds. The molecule has 8 aromatic rings. The van der Waals surface area contributed by atoms with Crippen LogP contribution in [0.3, 0.4) is 0 Å². The summed E-state index contributed by atoms with van der Waals surface area (Å²) in [5, 5.41) is 0. The van der Waals surface area contributed by atoms with E-state index in [1.165, 1.54) is 0 Å². The first-order valence-electron chi connectivity index (χ1n) is 30.6. The minimum Gasteiger partial charge on any atom is -0.660 e. The van der Waals surface area contributed by atoms with E-state index < -0.39 is 70.8 Å². The van der Waals surface area contributed by atoms with Crippen LogP contribution < -0.4 is 28.9 Å². The van der Waals surface area contributed by atoms with Gasteiger partial charge in [0.25, 0.3) is 0 Å². The summed E-state index contributed by atoms with van der Waals surface area (Å²) in [4.78, 5) is 72.9. The van der Waals surface area contributed by atoms with Gasteiger partial charge < -0.3 is 28.9 Å². The van der Waals surface area contributed by atoms with Gasteiger partial charge in [-0.05, 0) is 236 Å². The van der Waals surface area contributed by atoms with Crippen LogP contribution in [-0.2, 0) is 51.1 Å². The summed E-state index contributed by atoms with van der Waals surface area (Å²) in [6, 6.07) is 22.9. The summed E-state index contributed by atoms with van der Waals surface area (Å²) in [7, 11) is 0. The zero-order valence-electron chi connectivity index (χ0n) is 56.5. The first kappa shape index (κ1) is 76.5. The third kappa shape index (κ3) is 16.3. The molecule has 0 saturated heterocycles. The van der Waals surface area contributed by atoms with Gasteiger partial charge in [0.15, 0.2) is 0 Å². The van der Waals surface area contributed by atoms with Gasteiger partial charge in [0.2, 0.25) is 0 Å². The number of carbonyl (C=O) groups is 4. The van der Waals surface area contributed by atoms with Crippen molar-refractivity contribution in [1.29, 1.82) is 0 Å². The fraction of sp³-hybridized carbons (Fsp3) is 0.237. The summed E-state index contributed by atoms with van der Waals surface area (Å²) >= 11 is 0. The molecule has 0 bridgehead atoms. The van der Waals surface area contributed by atoms with Gasteiger partial charge in [-0.3, -0.25) is 9.98 Å². The van der Waals surface area contributed by atoms with Crippen LogP contribution in [0.4, 0.5) is 52.7 Å². The van der Waals surface area contributed by atoms with Crippen LogP contribution in [0.15, 0.2) is 165 Å². The van der Waals surface area contributed by atoms with Gasteiger partial charge in [0.05, 0.1) is 56.2 Å². The Balaban J connectivity index is 0.000000254. The van der Waals surface area contributed by atoms with E-state index in [1.54, 1.807) is 55.4 Å². The maximum Gasteiger partial charge on any atom is 2.00 e. The van der Waals surface area contributed by atoms with Crippen LogP contribution in [0.5, 0.6) is 23.0 Å². The van der Waals surface area contributed by atoms with Crippen molar-refractivity contribution in [2.24, 2.45) is 9.98 Å². The van der Waals surface area contributed by atoms with Gasteiger partial charge in [-0.25, -0.2) is 19.2 Å². The Bertz CT molecular complexity index is 4490. The molecule has 0 unspecified atom stereocenters. The molecule has 0 N–H and O–H groups in total. The molecular weight excluding hydrogens is 1380 g/mol. The number of esters is 4. The van der Waals surface area contributed by atoms with Crippen molar-refractivity contribution in [2.75, 3.05) is 0 Å². The molecule has 2 aliphatic heterocycles. The number of rotatable bonds is 12. The van der Waals surface area contributed by atoms with E-state index in [-0.39, 0.29) is 62.0 Å². The quantitative estimate of drug-likeness (QED) is 0.0655. The topological polar surface area (TPSA) is 158 Å². The number of benzene rings is 6. The SMILES string of the molecule is CC1=N/C(=C(\c2[n-]c(C)c(C(=O)Oc3ccc(C(F)(F)F)cc3)c2C)c2c(C)cc(C)cc2C)C(C)=C1C(=O)Oc1ccc(C(F)(F)F)cc1.CC1=N/C(=C(\c2[n-]c(C)c(C(=O)Oc3ccc(C(F)(F)F)cc3)c2C)c2c(C)cc(C)cc2C)C(C)=C1C(=O)Oc1ccc(C(F)(F)F)cc1.[Co+2]. The zero-order valence-corrected chi connectivity index (χ0v) is 57.5. The molecular formula is C76H62CoF12N4O8. The molecule has 1 radical (unpaired) electrons. The van der Waals surface area contributed by atoms with Crippen molar-refractivity contribution in [3.05, 3.63) is 267 Å². The maximum atomic E-state index is 13.5. The van der Waals surface area contributed by atoms with Gasteiger partial charge in [0, 0.05) is 11.1 Å².